The molecule has 0 aromatic heterocycles. The highest BCUT2D eigenvalue weighted by Gasteiger charge is 2.31. The summed E-state index contributed by atoms with van der Waals surface area (Å²) in [4.78, 5) is 11.5. The lowest BCUT2D eigenvalue weighted by Crippen LogP contribution is -2.43. The molecule has 0 aromatic rings. The first-order valence-electron chi connectivity index (χ1n) is 3.34. The number of rotatable bonds is 1. The van der Waals surface area contributed by atoms with E-state index in [-0.39, 0.29) is 13.2 Å². The molecule has 1 aliphatic rings. The van der Waals surface area contributed by atoms with Gasteiger partial charge >= 0.3 is 6.09 Å². The van der Waals surface area contributed by atoms with Crippen molar-refractivity contribution in [3.8, 4) is 0 Å². The lowest BCUT2D eigenvalue weighted by Gasteiger charge is -2.22. The molecule has 0 aromatic carbocycles. The van der Waals surface area contributed by atoms with Crippen LogP contribution in [0.2, 0.25) is 0 Å². The molecular weight excluding hydrogens is 150 g/mol. The topological polar surface area (TPSA) is 70.0 Å². The van der Waals surface area contributed by atoms with Gasteiger partial charge in [0.2, 0.25) is 0 Å². The fraction of sp³-hybridized carbons (Fsp3) is 0.833. The molecule has 2 N–H and O–H groups in total. The van der Waals surface area contributed by atoms with E-state index in [9.17, 15) is 9.90 Å². The van der Waals surface area contributed by atoms with Crippen molar-refractivity contribution in [1.29, 1.82) is 0 Å². The molecule has 0 spiro atoms. The van der Waals surface area contributed by atoms with Crippen molar-refractivity contribution in [2.45, 2.75) is 12.1 Å². The maximum Gasteiger partial charge on any atom is 0.407 e. The van der Waals surface area contributed by atoms with E-state index < -0.39 is 18.2 Å². The number of amides is 1. The zero-order valence-corrected chi connectivity index (χ0v) is 6.23. The van der Waals surface area contributed by atoms with E-state index in [1.54, 1.807) is 0 Å². The van der Waals surface area contributed by atoms with Crippen molar-refractivity contribution < 1.29 is 19.7 Å². The van der Waals surface area contributed by atoms with Crippen LogP contribution >= 0.6 is 0 Å². The maximum absolute atomic E-state index is 10.4. The maximum atomic E-state index is 10.4. The summed E-state index contributed by atoms with van der Waals surface area (Å²) in [7, 11) is 1.42. The van der Waals surface area contributed by atoms with Crippen molar-refractivity contribution in [3.63, 3.8) is 0 Å². The van der Waals surface area contributed by atoms with Gasteiger partial charge in [0.25, 0.3) is 0 Å². The summed E-state index contributed by atoms with van der Waals surface area (Å²) in [6.07, 6.45) is -1.73. The number of carboxylic acid groups (broad SMARTS) is 1. The van der Waals surface area contributed by atoms with Crippen molar-refractivity contribution >= 4 is 6.09 Å². The standard InChI is InChI=1S/C6H11NO4/c1-7(6(9)10)4-2-11-3-5(4)8/h4-5,8H,2-3H2,1H3,(H,9,10). The van der Waals surface area contributed by atoms with Gasteiger partial charge in [0.1, 0.15) is 6.10 Å². The molecule has 1 amide bonds. The zero-order chi connectivity index (χ0) is 8.43. The summed E-state index contributed by atoms with van der Waals surface area (Å²) in [6, 6.07) is -0.410. The van der Waals surface area contributed by atoms with Crippen LogP contribution in [0.1, 0.15) is 0 Å². The van der Waals surface area contributed by atoms with Crippen LogP contribution in [-0.4, -0.2) is 53.6 Å². The minimum atomic E-state index is -1.04. The van der Waals surface area contributed by atoms with E-state index in [1.807, 2.05) is 0 Å². The molecule has 5 heteroatoms. The quantitative estimate of drug-likeness (QED) is 0.536. The van der Waals surface area contributed by atoms with Gasteiger partial charge in [-0.3, -0.25) is 0 Å². The average molecular weight is 161 g/mol. The third-order valence-corrected chi connectivity index (χ3v) is 1.82. The van der Waals surface area contributed by atoms with E-state index in [4.69, 9.17) is 9.84 Å². The molecule has 0 aliphatic carbocycles. The third kappa shape index (κ3) is 1.61. The number of carbonyl (C=O) groups is 1. The Balaban J connectivity index is 2.52. The van der Waals surface area contributed by atoms with Crippen molar-refractivity contribution in [2.75, 3.05) is 20.3 Å². The van der Waals surface area contributed by atoms with E-state index >= 15 is 0 Å². The average Bonchev–Trinajstić information content (AvgIpc) is 2.33. The van der Waals surface area contributed by atoms with Crippen LogP contribution in [-0.2, 0) is 4.74 Å². The minimum absolute atomic E-state index is 0.224. The predicted octanol–water partition coefficient (Wildman–Crippen LogP) is -0.644. The monoisotopic (exact) mass is 161 g/mol. The second-order valence-electron chi connectivity index (χ2n) is 2.57. The molecule has 1 saturated heterocycles. The molecule has 0 bridgehead atoms. The Hall–Kier alpha value is -0.810. The Bertz CT molecular complexity index is 161. The highest BCUT2D eigenvalue weighted by Crippen LogP contribution is 2.11. The molecule has 2 atom stereocenters. The van der Waals surface area contributed by atoms with E-state index in [2.05, 4.69) is 0 Å². The number of hydrogen-bond donors (Lipinski definition) is 2. The van der Waals surface area contributed by atoms with Gasteiger partial charge in [-0.15, -0.1) is 0 Å². The number of aliphatic hydroxyl groups excluding tert-OH is 1. The number of nitrogens with zero attached hydrogens (tertiary/aromatic N) is 1. The summed E-state index contributed by atoms with van der Waals surface area (Å²) >= 11 is 0. The van der Waals surface area contributed by atoms with Gasteiger partial charge in [0.15, 0.2) is 0 Å². The summed E-state index contributed by atoms with van der Waals surface area (Å²) in [6.45, 7) is 0.506. The summed E-state index contributed by atoms with van der Waals surface area (Å²) < 4.78 is 4.89. The molecule has 1 heterocycles. The molecule has 0 radical (unpaired) electrons. The third-order valence-electron chi connectivity index (χ3n) is 1.82. The molecular formula is C6H11NO4. The number of aliphatic hydroxyl groups is 1. The van der Waals surface area contributed by atoms with Crippen LogP contribution in [0.5, 0.6) is 0 Å². The van der Waals surface area contributed by atoms with Crippen LogP contribution < -0.4 is 0 Å². The molecule has 1 aliphatic heterocycles. The van der Waals surface area contributed by atoms with Crippen molar-refractivity contribution in [2.24, 2.45) is 0 Å². The smallest absolute Gasteiger partial charge is 0.407 e. The summed E-state index contributed by atoms with van der Waals surface area (Å²) in [5.41, 5.74) is 0. The Morgan fingerprint density at radius 1 is 1.64 bits per heavy atom. The highest BCUT2D eigenvalue weighted by molar-refractivity contribution is 5.65. The molecule has 2 unspecified atom stereocenters. The largest absolute Gasteiger partial charge is 0.465 e. The zero-order valence-electron chi connectivity index (χ0n) is 6.23. The van der Waals surface area contributed by atoms with Gasteiger partial charge in [-0.1, -0.05) is 0 Å². The first kappa shape index (κ1) is 8.29. The molecule has 64 valence electrons. The van der Waals surface area contributed by atoms with E-state index in [1.165, 1.54) is 7.05 Å². The van der Waals surface area contributed by atoms with E-state index in [0.29, 0.717) is 0 Å². The number of ether oxygens (including phenoxy) is 1. The number of hydrogen-bond acceptors (Lipinski definition) is 3. The van der Waals surface area contributed by atoms with Crippen LogP contribution in [0.15, 0.2) is 0 Å². The Labute approximate surface area is 64.2 Å². The van der Waals surface area contributed by atoms with Crippen molar-refractivity contribution in [1.82, 2.24) is 4.90 Å². The lowest BCUT2D eigenvalue weighted by molar-refractivity contribution is 0.0862. The minimum Gasteiger partial charge on any atom is -0.465 e. The lowest BCUT2D eigenvalue weighted by atomic mass is 10.2. The van der Waals surface area contributed by atoms with E-state index in [0.717, 1.165) is 4.90 Å². The molecule has 0 saturated carbocycles. The molecule has 5 nitrogen and oxygen atoms in total. The molecule has 11 heavy (non-hydrogen) atoms. The molecule has 1 fully saturated rings. The summed E-state index contributed by atoms with van der Waals surface area (Å²) in [5.74, 6) is 0. The van der Waals surface area contributed by atoms with Gasteiger partial charge in [0.05, 0.1) is 19.3 Å². The summed E-state index contributed by atoms with van der Waals surface area (Å²) in [5, 5.41) is 17.7. The van der Waals surface area contributed by atoms with Gasteiger partial charge in [-0.2, -0.15) is 0 Å². The second kappa shape index (κ2) is 3.06. The molecule has 1 rings (SSSR count). The first-order chi connectivity index (χ1) is 5.13. The van der Waals surface area contributed by atoms with Gasteiger partial charge in [-0.25, -0.2) is 4.79 Å². The predicted molar refractivity (Wildman–Crippen MR) is 36.4 cm³/mol. The van der Waals surface area contributed by atoms with Crippen LogP contribution in [0.3, 0.4) is 0 Å². The first-order valence-corrected chi connectivity index (χ1v) is 3.34. The normalized spacial score (nSPS) is 30.4. The fourth-order valence-corrected chi connectivity index (χ4v) is 1.04. The van der Waals surface area contributed by atoms with Crippen LogP contribution in [0, 0.1) is 0 Å². The SMILES string of the molecule is CN(C(=O)O)C1COCC1O. The number of likely N-dealkylation sites (N-methyl/N-ethyl adjacent to an activating group) is 1. The van der Waals surface area contributed by atoms with Crippen molar-refractivity contribution in [3.05, 3.63) is 0 Å². The highest BCUT2D eigenvalue weighted by atomic mass is 16.5. The Kier molecular flexibility index (Phi) is 2.31. The van der Waals surface area contributed by atoms with Gasteiger partial charge < -0.3 is 19.8 Å². The van der Waals surface area contributed by atoms with Crippen LogP contribution in [0.25, 0.3) is 0 Å². The van der Waals surface area contributed by atoms with Crippen LogP contribution in [0.4, 0.5) is 4.79 Å². The fourth-order valence-electron chi connectivity index (χ4n) is 1.04. The second-order valence-corrected chi connectivity index (χ2v) is 2.57. The Morgan fingerprint density at radius 2 is 2.27 bits per heavy atom. The van der Waals surface area contributed by atoms with Gasteiger partial charge in [0, 0.05) is 7.05 Å². The Morgan fingerprint density at radius 3 is 2.64 bits per heavy atom. The van der Waals surface area contributed by atoms with Gasteiger partial charge in [-0.05, 0) is 0 Å².